The summed E-state index contributed by atoms with van der Waals surface area (Å²) in [5, 5.41) is 3.48. The minimum Gasteiger partial charge on any atom is -0.497 e. The van der Waals surface area contributed by atoms with Crippen LogP contribution in [0.3, 0.4) is 0 Å². The number of methoxy groups -OCH3 is 1. The number of benzene rings is 1. The zero-order chi connectivity index (χ0) is 13.9. The Labute approximate surface area is 115 Å². The predicted molar refractivity (Wildman–Crippen MR) is 75.9 cm³/mol. The lowest BCUT2D eigenvalue weighted by molar-refractivity contribution is 0.300. The summed E-state index contributed by atoms with van der Waals surface area (Å²) in [6, 6.07) is 5.10. The molecule has 0 saturated heterocycles. The van der Waals surface area contributed by atoms with Crippen LogP contribution >= 0.6 is 0 Å². The topological polar surface area (TPSA) is 21.3 Å². The van der Waals surface area contributed by atoms with Gasteiger partial charge in [-0.25, -0.2) is 4.39 Å². The second-order valence-electron chi connectivity index (χ2n) is 6.01. The van der Waals surface area contributed by atoms with Crippen LogP contribution < -0.4 is 10.1 Å². The summed E-state index contributed by atoms with van der Waals surface area (Å²) in [5.74, 6) is 0.368. The largest absolute Gasteiger partial charge is 0.497 e. The molecule has 1 aromatic carbocycles. The molecule has 1 unspecified atom stereocenters. The Balaban J connectivity index is 1.97. The summed E-state index contributed by atoms with van der Waals surface area (Å²) in [6.07, 6.45) is 5.20. The summed E-state index contributed by atoms with van der Waals surface area (Å²) in [4.78, 5) is 0. The molecule has 1 N–H and O–H groups in total. The van der Waals surface area contributed by atoms with Gasteiger partial charge in [0.1, 0.15) is 11.6 Å². The van der Waals surface area contributed by atoms with Crippen molar-refractivity contribution in [2.24, 2.45) is 5.41 Å². The van der Waals surface area contributed by atoms with Crippen molar-refractivity contribution in [1.29, 1.82) is 0 Å². The molecule has 19 heavy (non-hydrogen) atoms. The van der Waals surface area contributed by atoms with Crippen molar-refractivity contribution in [2.45, 2.75) is 45.6 Å². The minimum atomic E-state index is -0.198. The maximum Gasteiger partial charge on any atom is 0.131 e. The lowest BCUT2D eigenvalue weighted by Crippen LogP contribution is -2.31. The van der Waals surface area contributed by atoms with Crippen LogP contribution in [0, 0.1) is 11.2 Å². The normalized spacial score (nSPS) is 19.4. The molecule has 1 aliphatic rings. The van der Waals surface area contributed by atoms with E-state index in [1.807, 2.05) is 19.1 Å². The van der Waals surface area contributed by atoms with Crippen molar-refractivity contribution in [1.82, 2.24) is 5.32 Å². The van der Waals surface area contributed by atoms with Crippen LogP contribution in [0.5, 0.6) is 5.75 Å². The molecular weight excluding hydrogens is 241 g/mol. The van der Waals surface area contributed by atoms with E-state index in [-0.39, 0.29) is 11.9 Å². The molecular formula is C16H24FNO. The Morgan fingerprint density at radius 2 is 2.05 bits per heavy atom. The fourth-order valence-electron chi connectivity index (χ4n) is 2.90. The molecule has 0 amide bonds. The average molecular weight is 265 g/mol. The molecule has 0 aromatic heterocycles. The lowest BCUT2D eigenvalue weighted by Gasteiger charge is -2.26. The Kier molecular flexibility index (Phi) is 4.46. The van der Waals surface area contributed by atoms with E-state index >= 15 is 0 Å². The maximum absolute atomic E-state index is 14.0. The van der Waals surface area contributed by atoms with E-state index in [9.17, 15) is 4.39 Å². The summed E-state index contributed by atoms with van der Waals surface area (Å²) in [7, 11) is 1.55. The Bertz CT molecular complexity index is 427. The van der Waals surface area contributed by atoms with Crippen LogP contribution in [-0.2, 0) is 0 Å². The SMILES string of the molecule is COc1ccc(C(C)NCC2(C)CCCC2)c(F)c1. The predicted octanol–water partition coefficient (Wildman–Crippen LogP) is 4.07. The van der Waals surface area contributed by atoms with Gasteiger partial charge in [0.2, 0.25) is 0 Å². The van der Waals surface area contributed by atoms with E-state index in [1.54, 1.807) is 7.11 Å². The van der Waals surface area contributed by atoms with E-state index in [1.165, 1.54) is 31.7 Å². The third kappa shape index (κ3) is 3.47. The van der Waals surface area contributed by atoms with Gasteiger partial charge in [-0.2, -0.15) is 0 Å². The van der Waals surface area contributed by atoms with Gasteiger partial charge in [-0.1, -0.05) is 25.8 Å². The molecule has 2 nitrogen and oxygen atoms in total. The maximum atomic E-state index is 14.0. The van der Waals surface area contributed by atoms with Gasteiger partial charge in [0.25, 0.3) is 0 Å². The summed E-state index contributed by atoms with van der Waals surface area (Å²) >= 11 is 0. The molecule has 1 aliphatic carbocycles. The second kappa shape index (κ2) is 5.91. The fraction of sp³-hybridized carbons (Fsp3) is 0.625. The van der Waals surface area contributed by atoms with Crippen molar-refractivity contribution in [3.63, 3.8) is 0 Å². The van der Waals surface area contributed by atoms with E-state index < -0.39 is 0 Å². The molecule has 1 fully saturated rings. The lowest BCUT2D eigenvalue weighted by atomic mass is 9.88. The molecule has 106 valence electrons. The highest BCUT2D eigenvalue weighted by Crippen LogP contribution is 2.37. The van der Waals surface area contributed by atoms with Gasteiger partial charge in [-0.3, -0.25) is 0 Å². The van der Waals surface area contributed by atoms with Gasteiger partial charge in [0.05, 0.1) is 7.11 Å². The highest BCUT2D eigenvalue weighted by Gasteiger charge is 2.28. The van der Waals surface area contributed by atoms with Gasteiger partial charge >= 0.3 is 0 Å². The molecule has 0 heterocycles. The van der Waals surface area contributed by atoms with Gasteiger partial charge in [-0.15, -0.1) is 0 Å². The van der Waals surface area contributed by atoms with Crippen LogP contribution in [0.4, 0.5) is 4.39 Å². The smallest absolute Gasteiger partial charge is 0.131 e. The Hall–Kier alpha value is -1.09. The first-order chi connectivity index (χ1) is 9.04. The second-order valence-corrected chi connectivity index (χ2v) is 6.01. The molecule has 1 aromatic rings. The van der Waals surface area contributed by atoms with E-state index in [0.29, 0.717) is 16.7 Å². The molecule has 3 heteroatoms. The van der Waals surface area contributed by atoms with Gasteiger partial charge in [-0.05, 0) is 31.2 Å². The van der Waals surface area contributed by atoms with Crippen LogP contribution in [0.25, 0.3) is 0 Å². The Morgan fingerprint density at radius 3 is 2.63 bits per heavy atom. The standard InChI is InChI=1S/C16H24FNO/c1-12(18-11-16(2)8-4-5-9-16)14-7-6-13(19-3)10-15(14)17/h6-7,10,12,18H,4-5,8-9,11H2,1-3H3. The molecule has 0 bridgehead atoms. The minimum absolute atomic E-state index is 0.0309. The van der Waals surface area contributed by atoms with E-state index in [2.05, 4.69) is 12.2 Å². The highest BCUT2D eigenvalue weighted by molar-refractivity contribution is 5.30. The summed E-state index contributed by atoms with van der Waals surface area (Å²) in [6.45, 7) is 5.30. The summed E-state index contributed by atoms with van der Waals surface area (Å²) in [5.41, 5.74) is 1.10. The van der Waals surface area contributed by atoms with Gasteiger partial charge in [0.15, 0.2) is 0 Å². The first-order valence-electron chi connectivity index (χ1n) is 7.11. The van der Waals surface area contributed by atoms with Crippen LogP contribution in [0.2, 0.25) is 0 Å². The molecule has 2 rings (SSSR count). The third-order valence-electron chi connectivity index (χ3n) is 4.32. The molecule has 0 spiro atoms. The fourth-order valence-corrected chi connectivity index (χ4v) is 2.90. The monoisotopic (exact) mass is 265 g/mol. The van der Waals surface area contributed by atoms with Crippen LogP contribution in [-0.4, -0.2) is 13.7 Å². The van der Waals surface area contributed by atoms with Crippen molar-refractivity contribution in [3.05, 3.63) is 29.6 Å². The molecule has 0 radical (unpaired) electrons. The van der Waals surface area contributed by atoms with E-state index in [4.69, 9.17) is 4.74 Å². The number of hydrogen-bond donors (Lipinski definition) is 1. The molecule has 0 aliphatic heterocycles. The van der Waals surface area contributed by atoms with Crippen LogP contribution in [0.1, 0.15) is 51.1 Å². The first kappa shape index (κ1) is 14.3. The quantitative estimate of drug-likeness (QED) is 0.866. The first-order valence-corrected chi connectivity index (χ1v) is 7.11. The van der Waals surface area contributed by atoms with Crippen molar-refractivity contribution >= 4 is 0 Å². The zero-order valence-electron chi connectivity index (χ0n) is 12.1. The van der Waals surface area contributed by atoms with E-state index in [0.717, 1.165) is 6.54 Å². The number of hydrogen-bond acceptors (Lipinski definition) is 2. The number of ether oxygens (including phenoxy) is 1. The summed E-state index contributed by atoms with van der Waals surface area (Å²) < 4.78 is 19.0. The third-order valence-corrected chi connectivity index (χ3v) is 4.32. The van der Waals surface area contributed by atoms with Gasteiger partial charge in [0, 0.05) is 24.2 Å². The zero-order valence-corrected chi connectivity index (χ0v) is 12.1. The highest BCUT2D eigenvalue weighted by atomic mass is 19.1. The Morgan fingerprint density at radius 1 is 1.37 bits per heavy atom. The van der Waals surface area contributed by atoms with Crippen molar-refractivity contribution in [3.8, 4) is 5.75 Å². The van der Waals surface area contributed by atoms with Crippen molar-refractivity contribution < 1.29 is 9.13 Å². The number of nitrogens with one attached hydrogen (secondary N) is 1. The number of halogens is 1. The molecule has 1 atom stereocenters. The molecule has 1 saturated carbocycles. The van der Waals surface area contributed by atoms with Crippen molar-refractivity contribution in [2.75, 3.05) is 13.7 Å². The van der Waals surface area contributed by atoms with Gasteiger partial charge < -0.3 is 10.1 Å². The average Bonchev–Trinajstić information content (AvgIpc) is 2.83. The van der Waals surface area contributed by atoms with Crippen LogP contribution in [0.15, 0.2) is 18.2 Å². The number of rotatable bonds is 5.